The molecule has 0 aliphatic rings. The van der Waals surface area contributed by atoms with Crippen LogP contribution in [0.3, 0.4) is 0 Å². The van der Waals surface area contributed by atoms with Crippen LogP contribution in [0.2, 0.25) is 0 Å². The van der Waals surface area contributed by atoms with Crippen molar-refractivity contribution in [3.8, 4) is 5.69 Å². The predicted molar refractivity (Wildman–Crippen MR) is 83.4 cm³/mol. The fraction of sp³-hybridized carbons (Fsp3) is 0.143. The molecule has 0 fully saturated rings. The maximum absolute atomic E-state index is 11.2. The zero-order valence-electron chi connectivity index (χ0n) is 11.9. The third kappa shape index (κ3) is 3.53. The van der Waals surface area contributed by atoms with E-state index in [9.17, 15) is 8.42 Å². The number of anilines is 1. The first-order valence-electron chi connectivity index (χ1n) is 6.59. The molecule has 1 aromatic carbocycles. The van der Waals surface area contributed by atoms with Gasteiger partial charge in [0.15, 0.2) is 0 Å². The van der Waals surface area contributed by atoms with Gasteiger partial charge in [0.05, 0.1) is 43.3 Å². The number of rotatable bonds is 5. The lowest BCUT2D eigenvalue weighted by molar-refractivity contribution is 0.607. The van der Waals surface area contributed by atoms with Crippen LogP contribution in [0.4, 0.5) is 5.69 Å². The molecule has 0 bridgehead atoms. The molecule has 0 amide bonds. The summed E-state index contributed by atoms with van der Waals surface area (Å²) in [7, 11) is -3.31. The first-order valence-corrected chi connectivity index (χ1v) is 8.48. The molecular formula is C14H15N5O2S. The molecule has 114 valence electrons. The van der Waals surface area contributed by atoms with Crippen molar-refractivity contribution in [2.24, 2.45) is 0 Å². The van der Waals surface area contributed by atoms with Crippen LogP contribution in [0.15, 0.2) is 55.1 Å². The largest absolute Gasteiger partial charge is 0.281 e. The lowest BCUT2D eigenvalue weighted by Crippen LogP contribution is -2.08. The summed E-state index contributed by atoms with van der Waals surface area (Å²) in [6.07, 6.45) is 7.69. The quantitative estimate of drug-likeness (QED) is 0.773. The Morgan fingerprint density at radius 1 is 1.09 bits per heavy atom. The Morgan fingerprint density at radius 3 is 2.59 bits per heavy atom. The minimum atomic E-state index is -3.31. The van der Waals surface area contributed by atoms with Crippen molar-refractivity contribution in [2.75, 3.05) is 11.0 Å². The number of sulfonamides is 1. The molecule has 0 radical (unpaired) electrons. The molecule has 3 aromatic rings. The van der Waals surface area contributed by atoms with Gasteiger partial charge in [0.2, 0.25) is 10.0 Å². The van der Waals surface area contributed by atoms with Gasteiger partial charge in [-0.25, -0.2) is 13.1 Å². The number of hydrogen-bond acceptors (Lipinski definition) is 4. The Kier molecular flexibility index (Phi) is 3.68. The Hall–Kier alpha value is -2.61. The summed E-state index contributed by atoms with van der Waals surface area (Å²) in [6, 6.07) is 10.00. The molecule has 0 saturated heterocycles. The number of nitrogens with one attached hydrogen (secondary N) is 1. The summed E-state index contributed by atoms with van der Waals surface area (Å²) in [5.41, 5.74) is 2.33. The van der Waals surface area contributed by atoms with Crippen molar-refractivity contribution in [1.29, 1.82) is 0 Å². The van der Waals surface area contributed by atoms with Gasteiger partial charge in [-0.05, 0) is 5.56 Å². The number of benzene rings is 1. The van der Waals surface area contributed by atoms with Gasteiger partial charge in [-0.15, -0.1) is 0 Å². The van der Waals surface area contributed by atoms with E-state index in [0.29, 0.717) is 12.2 Å². The van der Waals surface area contributed by atoms with E-state index in [4.69, 9.17) is 0 Å². The summed E-state index contributed by atoms with van der Waals surface area (Å²) >= 11 is 0. The van der Waals surface area contributed by atoms with Crippen molar-refractivity contribution in [1.82, 2.24) is 19.6 Å². The predicted octanol–water partition coefficient (Wildman–Crippen LogP) is 1.49. The Morgan fingerprint density at radius 2 is 1.86 bits per heavy atom. The molecule has 0 saturated carbocycles. The van der Waals surface area contributed by atoms with E-state index in [-0.39, 0.29) is 0 Å². The molecule has 0 aliphatic heterocycles. The zero-order chi connectivity index (χ0) is 15.6. The molecule has 0 unspecified atom stereocenters. The Balaban J connectivity index is 1.76. The van der Waals surface area contributed by atoms with Crippen LogP contribution in [0.5, 0.6) is 0 Å². The highest BCUT2D eigenvalue weighted by molar-refractivity contribution is 7.92. The first kappa shape index (κ1) is 14.3. The van der Waals surface area contributed by atoms with E-state index in [2.05, 4.69) is 14.9 Å². The van der Waals surface area contributed by atoms with Gasteiger partial charge in [0, 0.05) is 0 Å². The van der Waals surface area contributed by atoms with Crippen LogP contribution < -0.4 is 4.72 Å². The normalized spacial score (nSPS) is 11.5. The summed E-state index contributed by atoms with van der Waals surface area (Å²) in [4.78, 5) is 0. The van der Waals surface area contributed by atoms with Crippen molar-refractivity contribution >= 4 is 15.7 Å². The van der Waals surface area contributed by atoms with Crippen LogP contribution in [0.25, 0.3) is 5.69 Å². The van der Waals surface area contributed by atoms with E-state index in [1.54, 1.807) is 21.8 Å². The Labute approximate surface area is 128 Å². The molecular weight excluding hydrogens is 302 g/mol. The van der Waals surface area contributed by atoms with Gasteiger partial charge in [-0.3, -0.25) is 9.40 Å². The molecule has 1 N–H and O–H groups in total. The highest BCUT2D eigenvalue weighted by Crippen LogP contribution is 2.12. The fourth-order valence-electron chi connectivity index (χ4n) is 2.06. The highest BCUT2D eigenvalue weighted by atomic mass is 32.2. The highest BCUT2D eigenvalue weighted by Gasteiger charge is 2.07. The van der Waals surface area contributed by atoms with Crippen LogP contribution in [-0.2, 0) is 16.6 Å². The topological polar surface area (TPSA) is 81.8 Å². The van der Waals surface area contributed by atoms with Gasteiger partial charge in [-0.2, -0.15) is 10.2 Å². The van der Waals surface area contributed by atoms with Gasteiger partial charge in [0.25, 0.3) is 0 Å². The molecule has 0 spiro atoms. The van der Waals surface area contributed by atoms with Crippen molar-refractivity contribution < 1.29 is 8.42 Å². The van der Waals surface area contributed by atoms with E-state index >= 15 is 0 Å². The van der Waals surface area contributed by atoms with Gasteiger partial charge in [-0.1, -0.05) is 30.3 Å². The smallest absolute Gasteiger partial charge is 0.229 e. The molecule has 0 atom stereocenters. The maximum atomic E-state index is 11.2. The van der Waals surface area contributed by atoms with Gasteiger partial charge >= 0.3 is 0 Å². The number of aromatic nitrogens is 4. The molecule has 7 nitrogen and oxygen atoms in total. The first-order chi connectivity index (χ1) is 10.5. The number of hydrogen-bond donors (Lipinski definition) is 1. The molecule has 8 heteroatoms. The lowest BCUT2D eigenvalue weighted by atomic mass is 10.2. The van der Waals surface area contributed by atoms with E-state index in [1.807, 2.05) is 36.5 Å². The standard InChI is InChI=1S/C14H15N5O2S/c1-22(20,21)17-13-7-16-19(10-13)14-8-15-18(11-14)9-12-5-3-2-4-6-12/h2-8,10-11,17H,9H2,1H3. The van der Waals surface area contributed by atoms with Gasteiger partial charge in [0.1, 0.15) is 5.69 Å². The van der Waals surface area contributed by atoms with E-state index in [0.717, 1.165) is 17.5 Å². The average molecular weight is 317 g/mol. The summed E-state index contributed by atoms with van der Waals surface area (Å²) in [5, 5.41) is 8.42. The number of nitrogens with zero attached hydrogens (tertiary/aromatic N) is 4. The molecule has 2 aromatic heterocycles. The third-order valence-electron chi connectivity index (χ3n) is 2.96. The van der Waals surface area contributed by atoms with Crippen molar-refractivity contribution in [3.63, 3.8) is 0 Å². The van der Waals surface area contributed by atoms with Crippen LogP contribution in [0, 0.1) is 0 Å². The minimum absolute atomic E-state index is 0.415. The molecule has 22 heavy (non-hydrogen) atoms. The van der Waals surface area contributed by atoms with Crippen LogP contribution >= 0.6 is 0 Å². The third-order valence-corrected chi connectivity index (χ3v) is 3.56. The summed E-state index contributed by atoms with van der Waals surface area (Å²) in [6.45, 7) is 0.663. The van der Waals surface area contributed by atoms with E-state index < -0.39 is 10.0 Å². The molecule has 0 aliphatic carbocycles. The second kappa shape index (κ2) is 5.64. The van der Waals surface area contributed by atoms with Crippen LogP contribution in [0.1, 0.15) is 5.56 Å². The van der Waals surface area contributed by atoms with Crippen molar-refractivity contribution in [2.45, 2.75) is 6.54 Å². The second-order valence-corrected chi connectivity index (χ2v) is 6.68. The van der Waals surface area contributed by atoms with Crippen LogP contribution in [-0.4, -0.2) is 34.2 Å². The fourth-order valence-corrected chi connectivity index (χ4v) is 2.59. The van der Waals surface area contributed by atoms with E-state index in [1.165, 1.54) is 6.20 Å². The average Bonchev–Trinajstić information content (AvgIpc) is 3.07. The van der Waals surface area contributed by atoms with Gasteiger partial charge < -0.3 is 0 Å². The molecule has 3 rings (SSSR count). The lowest BCUT2D eigenvalue weighted by Gasteiger charge is -2.01. The maximum Gasteiger partial charge on any atom is 0.229 e. The summed E-state index contributed by atoms with van der Waals surface area (Å²) in [5.74, 6) is 0. The molecule has 2 heterocycles. The SMILES string of the molecule is CS(=O)(=O)Nc1cnn(-c2cnn(Cc3ccccc3)c2)c1. The summed E-state index contributed by atoms with van der Waals surface area (Å²) < 4.78 is 28.1. The van der Waals surface area contributed by atoms with Crippen molar-refractivity contribution in [3.05, 3.63) is 60.7 Å². The minimum Gasteiger partial charge on any atom is -0.281 e. The zero-order valence-corrected chi connectivity index (χ0v) is 12.7. The monoisotopic (exact) mass is 317 g/mol. The Bertz CT molecular complexity index is 868. The second-order valence-electron chi connectivity index (χ2n) is 4.93.